The molecule has 2 atom stereocenters. The average molecular weight is 616 g/mol. The van der Waals surface area contributed by atoms with E-state index in [1.807, 2.05) is 6.07 Å². The van der Waals surface area contributed by atoms with Crippen molar-refractivity contribution in [1.29, 1.82) is 0 Å². The highest BCUT2D eigenvalue weighted by Gasteiger charge is 2.54. The van der Waals surface area contributed by atoms with Crippen molar-refractivity contribution < 1.29 is 39.1 Å². The third-order valence-electron chi connectivity index (χ3n) is 6.53. The van der Waals surface area contributed by atoms with Crippen LogP contribution in [0.1, 0.15) is 11.4 Å². The second-order valence-electron chi connectivity index (χ2n) is 9.20. The summed E-state index contributed by atoms with van der Waals surface area (Å²) in [6.45, 7) is 0.0383. The Morgan fingerprint density at radius 3 is 2.83 bits per heavy atom. The van der Waals surface area contributed by atoms with Gasteiger partial charge in [0.1, 0.15) is 29.9 Å². The maximum absolute atomic E-state index is 13.2. The van der Waals surface area contributed by atoms with Gasteiger partial charge in [-0.25, -0.2) is 14.3 Å². The minimum Gasteiger partial charge on any atom is -0.477 e. The minimum absolute atomic E-state index is 0.127. The van der Waals surface area contributed by atoms with Crippen LogP contribution in [0.3, 0.4) is 0 Å². The van der Waals surface area contributed by atoms with Crippen molar-refractivity contribution in [3.8, 4) is 11.3 Å². The Morgan fingerprint density at radius 2 is 2.17 bits per heavy atom. The molecule has 1 saturated heterocycles. The van der Waals surface area contributed by atoms with Crippen LogP contribution in [0.15, 0.2) is 52.4 Å². The summed E-state index contributed by atoms with van der Waals surface area (Å²) in [7, 11) is 1.27. The van der Waals surface area contributed by atoms with Gasteiger partial charge in [-0.3, -0.25) is 19.2 Å². The number of carboxylic acids is 1. The van der Waals surface area contributed by atoms with Crippen LogP contribution in [0.4, 0.5) is 5.13 Å². The topological polar surface area (TPSA) is 209 Å². The summed E-state index contributed by atoms with van der Waals surface area (Å²) >= 11 is 2.45. The summed E-state index contributed by atoms with van der Waals surface area (Å²) < 4.78 is 3.38. The molecule has 0 aromatic carbocycles. The van der Waals surface area contributed by atoms with E-state index in [9.17, 15) is 29.7 Å². The molecule has 42 heavy (non-hydrogen) atoms. The van der Waals surface area contributed by atoms with Crippen LogP contribution < -0.4 is 15.6 Å². The highest BCUT2D eigenvalue weighted by atomic mass is 32.2. The van der Waals surface area contributed by atoms with E-state index < -0.39 is 29.2 Å². The van der Waals surface area contributed by atoms with E-state index >= 15 is 0 Å². The van der Waals surface area contributed by atoms with Gasteiger partial charge in [-0.1, -0.05) is 5.16 Å². The summed E-state index contributed by atoms with van der Waals surface area (Å²) in [6, 6.07) is 4.38. The van der Waals surface area contributed by atoms with Crippen molar-refractivity contribution in [2.45, 2.75) is 31.1 Å². The van der Waals surface area contributed by atoms with E-state index in [0.29, 0.717) is 22.7 Å². The molecule has 2 aliphatic rings. The number of amides is 2. The Hall–Kier alpha value is -4.32. The summed E-state index contributed by atoms with van der Waals surface area (Å²) in [6.07, 6.45) is 3.58. The number of aromatic nitrogens is 4. The monoisotopic (exact) mass is 615 g/mol. The molecule has 0 radical (unpaired) electrons. The number of aliphatic carboxylic acids is 1. The van der Waals surface area contributed by atoms with Gasteiger partial charge in [-0.05, 0) is 12.1 Å². The largest absolute Gasteiger partial charge is 0.477 e. The number of carbonyl (C=O) groups excluding carboxylic acids is 2. The molecule has 3 aromatic heterocycles. The molecule has 2 aliphatic heterocycles. The average Bonchev–Trinajstić information content (AvgIpc) is 3.60. The summed E-state index contributed by atoms with van der Waals surface area (Å²) in [4.78, 5) is 48.5. The molecular weight excluding hydrogens is 588 g/mol. The number of aliphatic hydroxyl groups is 2. The van der Waals surface area contributed by atoms with Crippen LogP contribution in [0.25, 0.3) is 11.3 Å². The molecule has 3 aromatic rings. The Kier molecular flexibility index (Phi) is 8.53. The molecule has 1 fully saturated rings. The zero-order valence-corrected chi connectivity index (χ0v) is 23.8. The zero-order chi connectivity index (χ0) is 30.0. The number of carbonyl (C=O) groups is 3. The lowest BCUT2D eigenvalue weighted by Gasteiger charge is -2.49. The number of thiazole rings is 1. The second kappa shape index (κ2) is 12.3. The van der Waals surface area contributed by atoms with Gasteiger partial charge in [-0.2, -0.15) is 5.10 Å². The van der Waals surface area contributed by atoms with Crippen LogP contribution in [-0.2, 0) is 38.9 Å². The van der Waals surface area contributed by atoms with E-state index in [2.05, 4.69) is 20.6 Å². The number of rotatable bonds is 11. The number of aliphatic hydroxyl groups excluding tert-OH is 2. The normalized spacial score (nSPS) is 18.5. The van der Waals surface area contributed by atoms with E-state index in [0.717, 1.165) is 16.9 Å². The van der Waals surface area contributed by atoms with E-state index in [1.165, 1.54) is 29.2 Å². The maximum atomic E-state index is 13.2. The number of thioether (sulfide) groups is 1. The van der Waals surface area contributed by atoms with Crippen LogP contribution in [0.2, 0.25) is 0 Å². The smallest absolute Gasteiger partial charge is 0.352 e. The molecule has 0 aliphatic carbocycles. The summed E-state index contributed by atoms with van der Waals surface area (Å²) in [5.74, 6) is -2.21. The number of hydrogen-bond acceptors (Lipinski definition) is 12. The number of anilines is 1. The number of β-lactam (4-membered cyclic amide) rings is 1. The Bertz CT molecular complexity index is 1600. The number of fused-ring (bicyclic) bond motifs is 1. The lowest BCUT2D eigenvalue weighted by Crippen LogP contribution is -2.71. The predicted molar refractivity (Wildman–Crippen MR) is 151 cm³/mol. The summed E-state index contributed by atoms with van der Waals surface area (Å²) in [5.41, 5.74) is 7.97. The van der Waals surface area contributed by atoms with Crippen molar-refractivity contribution in [3.63, 3.8) is 0 Å². The first-order chi connectivity index (χ1) is 20.2. The van der Waals surface area contributed by atoms with Gasteiger partial charge in [0.15, 0.2) is 29.8 Å². The van der Waals surface area contributed by atoms with Crippen LogP contribution in [0.5, 0.6) is 0 Å². The highest BCUT2D eigenvalue weighted by Crippen LogP contribution is 2.40. The predicted octanol–water partition coefficient (Wildman–Crippen LogP) is -0.850. The molecular formula is C25H27N8O7S2+. The number of carboxylic acid groups (broad SMARTS) is 1. The fourth-order valence-electron chi connectivity index (χ4n) is 4.74. The molecule has 0 unspecified atom stereocenters. The number of oxime groups is 1. The van der Waals surface area contributed by atoms with Gasteiger partial charge in [-0.15, -0.1) is 23.1 Å². The molecule has 6 N–H and O–H groups in total. The number of pyridine rings is 1. The molecule has 0 bridgehead atoms. The van der Waals surface area contributed by atoms with Gasteiger partial charge >= 0.3 is 5.97 Å². The number of nitrogens with two attached hydrogens (primary N) is 1. The lowest BCUT2D eigenvalue weighted by atomic mass is 10.0. The van der Waals surface area contributed by atoms with Crippen LogP contribution in [0, 0.1) is 0 Å². The second-order valence-corrected chi connectivity index (χ2v) is 11.2. The quantitative estimate of drug-likeness (QED) is 0.0776. The molecule has 0 spiro atoms. The Morgan fingerprint density at radius 1 is 1.36 bits per heavy atom. The Labute approximate surface area is 246 Å². The van der Waals surface area contributed by atoms with Gasteiger partial charge in [0.2, 0.25) is 0 Å². The fraction of sp³-hybridized carbons (Fsp3) is 0.320. The third kappa shape index (κ3) is 5.58. The standard InChI is InChI=1S/C25H26N8O7S2/c1-40-30-18(16-12-42-25(26)27-16)21(36)28-19-22(37)33-20(24(38)39)14(11-41-23(19)33)9-31-4-2-3-13(8-31)17-7-15(10-35)29-32(17)5-6-34/h2-4,7-8,12,19,23,34-35H,5-6,9-11H2,1H3,(H3-,26,27,28,36,38,39)/p+1/b30-18-/t19-,23-/m1/s1. The number of nitrogens with zero attached hydrogens (tertiary/aromatic N) is 6. The van der Waals surface area contributed by atoms with Gasteiger partial charge < -0.3 is 31.2 Å². The number of nitrogen functional groups attached to an aromatic ring is 1. The lowest BCUT2D eigenvalue weighted by molar-refractivity contribution is -0.688. The van der Waals surface area contributed by atoms with Crippen molar-refractivity contribution in [2.24, 2.45) is 5.16 Å². The van der Waals surface area contributed by atoms with E-state index in [1.54, 1.807) is 33.8 Å². The maximum Gasteiger partial charge on any atom is 0.352 e. The first-order valence-corrected chi connectivity index (χ1v) is 14.5. The molecule has 220 valence electrons. The van der Waals surface area contributed by atoms with Crippen molar-refractivity contribution in [1.82, 2.24) is 25.0 Å². The Balaban J connectivity index is 1.36. The first kappa shape index (κ1) is 29.2. The van der Waals surface area contributed by atoms with Crippen molar-refractivity contribution in [3.05, 3.63) is 58.6 Å². The number of hydrogen-bond donors (Lipinski definition) is 5. The molecule has 5 heterocycles. The first-order valence-electron chi connectivity index (χ1n) is 12.6. The third-order valence-corrected chi connectivity index (χ3v) is 8.54. The van der Waals surface area contributed by atoms with Gasteiger partial charge in [0, 0.05) is 22.8 Å². The van der Waals surface area contributed by atoms with Crippen LogP contribution >= 0.6 is 23.1 Å². The number of nitrogens with one attached hydrogen (secondary N) is 1. The minimum atomic E-state index is -1.25. The van der Waals surface area contributed by atoms with Gasteiger partial charge in [0.25, 0.3) is 11.8 Å². The van der Waals surface area contributed by atoms with Crippen LogP contribution in [-0.4, -0.2) is 89.4 Å². The highest BCUT2D eigenvalue weighted by molar-refractivity contribution is 8.00. The molecule has 0 saturated carbocycles. The van der Waals surface area contributed by atoms with E-state index in [-0.39, 0.29) is 48.5 Å². The van der Waals surface area contributed by atoms with Crippen molar-refractivity contribution >= 4 is 51.7 Å². The molecule has 2 amide bonds. The van der Waals surface area contributed by atoms with Gasteiger partial charge in [0.05, 0.1) is 36.7 Å². The molecule has 15 nitrogen and oxygen atoms in total. The zero-order valence-electron chi connectivity index (χ0n) is 22.2. The van der Waals surface area contributed by atoms with E-state index in [4.69, 9.17) is 10.6 Å². The van der Waals surface area contributed by atoms with Crippen molar-refractivity contribution in [2.75, 3.05) is 25.2 Å². The molecule has 5 rings (SSSR count). The SMILES string of the molecule is CO/N=C(\C(=O)N[C@@H]1C(=O)N2C(C(=O)O)=C(C[n+]3cccc(-c4cc(CO)nn4CCO)c3)CS[C@H]12)c1csc(N)n1. The summed E-state index contributed by atoms with van der Waals surface area (Å²) in [5, 5.41) is 40.8. The molecule has 17 heteroatoms. The fourth-order valence-corrected chi connectivity index (χ4v) is 6.63.